The predicted octanol–water partition coefficient (Wildman–Crippen LogP) is 2.34. The van der Waals surface area contributed by atoms with Gasteiger partial charge in [0.05, 0.1) is 23.9 Å². The van der Waals surface area contributed by atoms with Crippen LogP contribution in [0.5, 0.6) is 5.75 Å². The van der Waals surface area contributed by atoms with Crippen LogP contribution in [0.2, 0.25) is 0 Å². The summed E-state index contributed by atoms with van der Waals surface area (Å²) in [5.74, 6) is 1.19. The second-order valence-corrected chi connectivity index (χ2v) is 6.61. The molecule has 0 unspecified atom stereocenters. The summed E-state index contributed by atoms with van der Waals surface area (Å²) in [6.45, 7) is 0.742. The van der Waals surface area contributed by atoms with Gasteiger partial charge < -0.3 is 25.5 Å². The quantitative estimate of drug-likeness (QED) is 0.418. The highest BCUT2D eigenvalue weighted by atomic mass is 16.6. The average molecular weight is 407 g/mol. The predicted molar refractivity (Wildman–Crippen MR) is 112 cm³/mol. The molecule has 0 aliphatic heterocycles. The van der Waals surface area contributed by atoms with Crippen LogP contribution in [0.1, 0.15) is 0 Å². The fourth-order valence-electron chi connectivity index (χ4n) is 3.00. The number of benzene rings is 1. The first-order chi connectivity index (χ1) is 14.5. The van der Waals surface area contributed by atoms with Crippen LogP contribution in [0.15, 0.2) is 42.9 Å². The van der Waals surface area contributed by atoms with Crippen molar-refractivity contribution in [2.45, 2.75) is 0 Å². The van der Waals surface area contributed by atoms with E-state index in [1.54, 1.807) is 36.3 Å². The molecule has 4 N–H and O–H groups in total. The minimum absolute atomic E-state index is 0.333. The van der Waals surface area contributed by atoms with Crippen molar-refractivity contribution in [1.29, 1.82) is 0 Å². The van der Waals surface area contributed by atoms with E-state index in [2.05, 4.69) is 25.4 Å². The first-order valence-corrected chi connectivity index (χ1v) is 9.23. The number of imidazole rings is 1. The Bertz CT molecular complexity index is 1200. The maximum Gasteiger partial charge on any atom is 0.412 e. The summed E-state index contributed by atoms with van der Waals surface area (Å²) in [4.78, 5) is 24.1. The number of amides is 1. The maximum absolute atomic E-state index is 12.0. The van der Waals surface area contributed by atoms with Gasteiger partial charge in [-0.25, -0.2) is 14.8 Å². The molecule has 30 heavy (non-hydrogen) atoms. The van der Waals surface area contributed by atoms with Crippen LogP contribution in [-0.4, -0.2) is 51.1 Å². The molecular formula is C20H21N7O3. The van der Waals surface area contributed by atoms with E-state index in [1.807, 2.05) is 25.4 Å². The molecule has 1 aromatic carbocycles. The number of methoxy groups -OCH3 is 1. The Morgan fingerprint density at radius 2 is 2.17 bits per heavy atom. The number of nitrogens with one attached hydrogen (secondary N) is 2. The molecular weight excluding hydrogens is 386 g/mol. The van der Waals surface area contributed by atoms with Crippen LogP contribution in [0.25, 0.3) is 33.5 Å². The van der Waals surface area contributed by atoms with Crippen LogP contribution in [-0.2, 0) is 11.8 Å². The lowest BCUT2D eigenvalue weighted by atomic mass is 10.1. The third-order valence-electron chi connectivity index (χ3n) is 4.47. The van der Waals surface area contributed by atoms with Crippen molar-refractivity contribution in [2.75, 3.05) is 26.0 Å². The zero-order valence-electron chi connectivity index (χ0n) is 16.5. The van der Waals surface area contributed by atoms with Crippen LogP contribution in [0, 0.1) is 0 Å². The number of fused-ring (bicyclic) bond motifs is 1. The molecule has 0 radical (unpaired) electrons. The van der Waals surface area contributed by atoms with Gasteiger partial charge in [-0.05, 0) is 18.2 Å². The number of nitrogen functional groups attached to an aromatic ring is 1. The number of anilines is 1. The van der Waals surface area contributed by atoms with Gasteiger partial charge in [0.1, 0.15) is 17.2 Å². The van der Waals surface area contributed by atoms with E-state index < -0.39 is 6.09 Å². The second-order valence-electron chi connectivity index (χ2n) is 6.61. The lowest BCUT2D eigenvalue weighted by Gasteiger charge is -2.06. The number of rotatable bonds is 6. The Morgan fingerprint density at radius 1 is 1.30 bits per heavy atom. The summed E-state index contributed by atoms with van der Waals surface area (Å²) in [7, 11) is 3.41. The Balaban J connectivity index is 1.66. The minimum atomic E-state index is -0.580. The van der Waals surface area contributed by atoms with Crippen LogP contribution < -0.4 is 15.8 Å². The Kier molecular flexibility index (Phi) is 5.31. The van der Waals surface area contributed by atoms with Crippen molar-refractivity contribution in [3.8, 4) is 28.3 Å². The first kappa shape index (κ1) is 19.4. The van der Waals surface area contributed by atoms with E-state index in [1.165, 1.54) is 0 Å². The number of nitrogens with zero attached hydrogens (tertiary/aromatic N) is 4. The Hall–Kier alpha value is -3.92. The fraction of sp³-hybridized carbons (Fsp3) is 0.200. The zero-order valence-corrected chi connectivity index (χ0v) is 16.5. The summed E-state index contributed by atoms with van der Waals surface area (Å²) in [5.41, 5.74) is 9.76. The van der Waals surface area contributed by atoms with E-state index in [-0.39, 0.29) is 0 Å². The van der Waals surface area contributed by atoms with Crippen LogP contribution >= 0.6 is 0 Å². The van der Waals surface area contributed by atoms with Crippen molar-refractivity contribution in [3.05, 3.63) is 42.9 Å². The molecule has 10 nitrogen and oxygen atoms in total. The maximum atomic E-state index is 12.0. The summed E-state index contributed by atoms with van der Waals surface area (Å²) < 4.78 is 12.0. The van der Waals surface area contributed by atoms with Gasteiger partial charge in [-0.15, -0.1) is 0 Å². The highest BCUT2D eigenvalue weighted by Gasteiger charge is 2.16. The first-order valence-electron chi connectivity index (χ1n) is 9.23. The van der Waals surface area contributed by atoms with Crippen molar-refractivity contribution in [3.63, 3.8) is 0 Å². The lowest BCUT2D eigenvalue weighted by Crippen LogP contribution is -2.29. The number of para-hydroxylation sites is 1. The number of H-pyrrole nitrogens is 1. The normalized spacial score (nSPS) is 11.0. The zero-order chi connectivity index (χ0) is 21.1. The topological polar surface area (TPSA) is 133 Å². The van der Waals surface area contributed by atoms with Crippen molar-refractivity contribution < 1.29 is 14.3 Å². The van der Waals surface area contributed by atoms with Crippen molar-refractivity contribution in [1.82, 2.24) is 30.0 Å². The molecule has 10 heteroatoms. The number of nitrogens with two attached hydrogens (primary N) is 1. The number of hydrogen-bond donors (Lipinski definition) is 3. The van der Waals surface area contributed by atoms with E-state index >= 15 is 0 Å². The number of hydrogen-bond acceptors (Lipinski definition) is 7. The monoisotopic (exact) mass is 407 g/mol. The van der Waals surface area contributed by atoms with Gasteiger partial charge in [0.15, 0.2) is 5.75 Å². The third kappa shape index (κ3) is 3.94. The summed E-state index contributed by atoms with van der Waals surface area (Å²) in [6, 6.07) is 7.19. The van der Waals surface area contributed by atoms with Gasteiger partial charge in [0.2, 0.25) is 0 Å². The number of ether oxygens (including phenoxy) is 2. The van der Waals surface area contributed by atoms with E-state index in [4.69, 9.17) is 15.2 Å². The summed E-state index contributed by atoms with van der Waals surface area (Å²) >= 11 is 0. The van der Waals surface area contributed by atoms with Gasteiger partial charge in [-0.2, -0.15) is 5.10 Å². The van der Waals surface area contributed by atoms with E-state index in [0.717, 1.165) is 11.1 Å². The molecule has 1 amide bonds. The molecule has 0 aliphatic rings. The second kappa shape index (κ2) is 8.21. The van der Waals surface area contributed by atoms with Gasteiger partial charge in [-0.1, -0.05) is 6.07 Å². The van der Waals surface area contributed by atoms with Crippen LogP contribution in [0.3, 0.4) is 0 Å². The number of pyridine rings is 1. The summed E-state index contributed by atoms with van der Waals surface area (Å²) in [6.07, 6.45) is 4.76. The van der Waals surface area contributed by atoms with Gasteiger partial charge in [-0.3, -0.25) is 4.68 Å². The minimum Gasteiger partial charge on any atom is -0.408 e. The van der Waals surface area contributed by atoms with Gasteiger partial charge >= 0.3 is 6.09 Å². The van der Waals surface area contributed by atoms with E-state index in [0.29, 0.717) is 47.1 Å². The third-order valence-corrected chi connectivity index (χ3v) is 4.47. The molecule has 0 saturated heterocycles. The van der Waals surface area contributed by atoms with Gasteiger partial charge in [0, 0.05) is 44.2 Å². The number of carbonyl (C=O) groups excluding carboxylic acids is 1. The largest absolute Gasteiger partial charge is 0.412 e. The number of aromatic amines is 1. The molecule has 4 aromatic rings. The molecule has 0 bridgehead atoms. The highest BCUT2D eigenvalue weighted by molar-refractivity contribution is 5.88. The Morgan fingerprint density at radius 3 is 2.93 bits per heavy atom. The van der Waals surface area contributed by atoms with Gasteiger partial charge in [0.25, 0.3) is 0 Å². The number of aryl methyl sites for hydroxylation is 1. The van der Waals surface area contributed by atoms with Crippen molar-refractivity contribution in [2.24, 2.45) is 7.05 Å². The number of aromatic nitrogens is 5. The summed E-state index contributed by atoms with van der Waals surface area (Å²) in [5, 5.41) is 6.80. The molecule has 4 rings (SSSR count). The molecule has 0 fully saturated rings. The molecule has 3 heterocycles. The molecule has 0 atom stereocenters. The Labute approximate surface area is 172 Å². The standard InChI is InChI=1S/C20H21N7O3/c1-27-11-13(10-24-27)12-8-14(18(21)23-9-12)19-25-15-4-3-5-16(17(15)26-19)30-20(28)22-6-7-29-2/h3-5,8-11H,6-7H2,1-2H3,(H2,21,23)(H,22,28)(H,25,26). The average Bonchev–Trinajstić information content (AvgIpc) is 3.35. The fourth-order valence-corrected chi connectivity index (χ4v) is 3.00. The van der Waals surface area contributed by atoms with Crippen molar-refractivity contribution >= 4 is 22.9 Å². The van der Waals surface area contributed by atoms with Crippen LogP contribution in [0.4, 0.5) is 10.6 Å². The molecule has 3 aromatic heterocycles. The molecule has 0 aliphatic carbocycles. The van der Waals surface area contributed by atoms with E-state index in [9.17, 15) is 4.79 Å². The smallest absolute Gasteiger partial charge is 0.408 e. The number of carbonyl (C=O) groups is 1. The SMILES string of the molecule is COCCNC(=O)Oc1cccc2[nH]c(-c3cc(-c4cnn(C)c4)cnc3N)nc12. The highest BCUT2D eigenvalue weighted by Crippen LogP contribution is 2.31. The lowest BCUT2D eigenvalue weighted by molar-refractivity contribution is 0.180. The molecule has 0 spiro atoms. The molecule has 0 saturated carbocycles. The molecule has 154 valence electrons.